The Kier molecular flexibility index (Phi) is 33.7. The molecule has 374 valence electrons. The molecule has 0 radical (unpaired) electrons. The Morgan fingerprint density at radius 2 is 0.545 bits per heavy atom. The van der Waals surface area contributed by atoms with E-state index in [1.807, 2.05) is 141 Å². The first kappa shape index (κ1) is 59.1. The Hall–Kier alpha value is 3.88. The van der Waals surface area contributed by atoms with Crippen LogP contribution in [0.3, 0.4) is 0 Å². The lowest BCUT2D eigenvalue weighted by Gasteiger charge is -2.09. The largest absolute Gasteiger partial charge is 0.378 e. The molecule has 6 rings (SSSR count). The summed E-state index contributed by atoms with van der Waals surface area (Å²) < 4.78 is 42.1. The van der Waals surface area contributed by atoms with Crippen LogP contribution in [0.4, 0.5) is 0 Å². The van der Waals surface area contributed by atoms with Crippen molar-refractivity contribution in [3.63, 3.8) is 0 Å². The predicted octanol–water partition coefficient (Wildman–Crippen LogP) is 19.9. The van der Waals surface area contributed by atoms with Crippen molar-refractivity contribution in [1.82, 2.24) is 0 Å². The number of ether oxygens (including phenoxy) is 4. The Morgan fingerprint density at radius 3 is 0.848 bits per heavy atom. The average molecular weight is 1200 g/mol. The lowest BCUT2D eigenvalue weighted by molar-refractivity contribution is 0.0605. The summed E-state index contributed by atoms with van der Waals surface area (Å²) in [7, 11) is 0. The molecule has 0 spiro atoms. The minimum Gasteiger partial charge on any atom is -0.378 e. The molecule has 0 saturated heterocycles. The van der Waals surface area contributed by atoms with Crippen LogP contribution in [0.1, 0.15) is 117 Å². The predicted molar refractivity (Wildman–Crippen MR) is 331 cm³/mol. The second-order valence-corrected chi connectivity index (χ2v) is 35.6. The minimum atomic E-state index is 0.644. The first-order valence-electron chi connectivity index (χ1n) is 23.9. The topological polar surface area (TPSA) is 36.9 Å². The van der Waals surface area contributed by atoms with Gasteiger partial charge in [0.2, 0.25) is 0 Å². The highest BCUT2D eigenvalue weighted by Crippen LogP contribution is 2.68. The van der Waals surface area contributed by atoms with Gasteiger partial charge in [-0.3, -0.25) is 0 Å². The summed E-state index contributed by atoms with van der Waals surface area (Å²) in [5.41, 5.74) is 0. The summed E-state index contributed by atoms with van der Waals surface area (Å²) in [4.78, 5) is 0. The molecule has 0 atom stereocenters. The molecule has 66 heavy (non-hydrogen) atoms. The lowest BCUT2D eigenvalue weighted by atomic mass is 10.1. The molecule has 0 bridgehead atoms. The van der Waals surface area contributed by atoms with Crippen molar-refractivity contribution in [2.24, 2.45) is 0 Å². The van der Waals surface area contributed by atoms with Gasteiger partial charge in [-0.05, 0) is 24.3 Å². The van der Waals surface area contributed by atoms with Gasteiger partial charge < -0.3 is 18.9 Å². The standard InChI is InChI=1S/C46H70O4S16/c1-3-5-7-9-11-13-15-17-27-51-35-36(52-28-18-16-14-12-10-8-6-4-2)60-43(59-35)44-61-37-38(62-44)54-30-24-48-20-22-50-26-32-56-40-39(55-31-25-49-21-19-47-23-29-53-37)63-45(64-40)46-65-41-42(66-46)58-34-33-57-41/h3-34H2,1-2H3. The van der Waals surface area contributed by atoms with E-state index in [2.05, 4.69) is 60.9 Å². The summed E-state index contributed by atoms with van der Waals surface area (Å²) in [6, 6.07) is 0. The molecule has 6 aliphatic heterocycles. The van der Waals surface area contributed by atoms with E-state index in [1.54, 1.807) is 8.47 Å². The molecule has 4 nitrogen and oxygen atoms in total. The number of hydrogen-bond acceptors (Lipinski definition) is 20. The minimum absolute atomic E-state index is 0.644. The summed E-state index contributed by atoms with van der Waals surface area (Å²) in [5, 5.41) is 0. The molecule has 0 amide bonds. The molecule has 0 aromatic carbocycles. The third kappa shape index (κ3) is 23.0. The maximum atomic E-state index is 6.12. The van der Waals surface area contributed by atoms with E-state index in [9.17, 15) is 0 Å². The number of thioether (sulfide) groups is 16. The van der Waals surface area contributed by atoms with Crippen LogP contribution in [0, 0.1) is 0 Å². The van der Waals surface area contributed by atoms with E-state index >= 15 is 0 Å². The maximum absolute atomic E-state index is 6.12. The van der Waals surface area contributed by atoms with Gasteiger partial charge in [0.25, 0.3) is 0 Å². The van der Waals surface area contributed by atoms with Crippen molar-refractivity contribution in [3.05, 3.63) is 50.8 Å². The summed E-state index contributed by atoms with van der Waals surface area (Å²) in [6.45, 7) is 10.1. The van der Waals surface area contributed by atoms with E-state index in [-0.39, 0.29) is 0 Å². The van der Waals surface area contributed by atoms with Crippen LogP contribution in [0.25, 0.3) is 0 Å². The van der Waals surface area contributed by atoms with Crippen molar-refractivity contribution < 1.29 is 18.9 Å². The van der Waals surface area contributed by atoms with Gasteiger partial charge in [0, 0.05) is 34.5 Å². The highest BCUT2D eigenvalue weighted by molar-refractivity contribution is 8.46. The van der Waals surface area contributed by atoms with Gasteiger partial charge in [-0.25, -0.2) is 0 Å². The molecule has 0 aromatic rings. The van der Waals surface area contributed by atoms with Gasteiger partial charge in [-0.2, -0.15) is 0 Å². The normalized spacial score (nSPS) is 21.9. The lowest BCUT2D eigenvalue weighted by Crippen LogP contribution is -2.08. The van der Waals surface area contributed by atoms with Gasteiger partial charge in [0.1, 0.15) is 0 Å². The van der Waals surface area contributed by atoms with Gasteiger partial charge in [-0.1, -0.05) is 198 Å². The molecule has 6 aliphatic rings. The van der Waals surface area contributed by atoms with Crippen LogP contribution in [-0.2, 0) is 18.9 Å². The van der Waals surface area contributed by atoms with Crippen LogP contribution >= 0.6 is 188 Å². The molecular weight excluding hydrogens is 1130 g/mol. The Balaban J connectivity index is 0.958. The third-order valence-corrected chi connectivity index (χ3v) is 33.5. The summed E-state index contributed by atoms with van der Waals surface area (Å²) in [5.74, 6) is 8.73. The molecular formula is C46H70O4S16. The fourth-order valence-electron chi connectivity index (χ4n) is 6.62. The molecule has 0 N–H and O–H groups in total. The molecule has 20 heteroatoms. The number of rotatable bonds is 20. The zero-order chi connectivity index (χ0) is 45.7. The van der Waals surface area contributed by atoms with Gasteiger partial charge in [-0.15, -0.1) is 94.1 Å². The van der Waals surface area contributed by atoms with Crippen LogP contribution < -0.4 is 0 Å². The van der Waals surface area contributed by atoms with Crippen LogP contribution in [0.15, 0.2) is 50.8 Å². The van der Waals surface area contributed by atoms with E-state index in [1.165, 1.54) is 168 Å². The quantitative estimate of drug-likeness (QED) is 0.108. The SMILES string of the molecule is CCCCCCCCCCSC1=C(SCCCCCCCCCC)SC(=C2SC3=C(SCCOCCOCCSC4=C(SCCOCCOCCS3)SC(=C3SC5=C(SCCS5)S3)S4)S2)S1. The highest BCUT2D eigenvalue weighted by Gasteiger charge is 2.33. The van der Waals surface area contributed by atoms with Crippen LogP contribution in [0.2, 0.25) is 0 Å². The maximum Gasteiger partial charge on any atom is 0.0717 e. The van der Waals surface area contributed by atoms with E-state index in [0.29, 0.717) is 26.4 Å². The molecule has 0 fully saturated rings. The fourth-order valence-corrected chi connectivity index (χ4v) is 30.5. The first-order chi connectivity index (χ1) is 32.7. The molecule has 0 aromatic heterocycles. The Labute approximate surface area is 467 Å². The van der Waals surface area contributed by atoms with Crippen molar-refractivity contribution in [2.75, 3.05) is 98.9 Å². The van der Waals surface area contributed by atoms with Crippen LogP contribution in [-0.4, -0.2) is 98.9 Å². The van der Waals surface area contributed by atoms with E-state index in [4.69, 9.17) is 18.9 Å². The molecule has 0 unspecified atom stereocenters. The van der Waals surface area contributed by atoms with Crippen molar-refractivity contribution in [2.45, 2.75) is 117 Å². The van der Waals surface area contributed by atoms with Crippen molar-refractivity contribution in [1.29, 1.82) is 0 Å². The van der Waals surface area contributed by atoms with Gasteiger partial charge >= 0.3 is 0 Å². The smallest absolute Gasteiger partial charge is 0.0717 e. The Bertz CT molecular complexity index is 1540. The highest BCUT2D eigenvalue weighted by atomic mass is 32.3. The van der Waals surface area contributed by atoms with Crippen LogP contribution in [0.5, 0.6) is 0 Å². The first-order valence-corrected chi connectivity index (χ1v) is 38.3. The average Bonchev–Trinajstić information content (AvgIpc) is 4.14. The fraction of sp³-hybridized carbons (Fsp3) is 0.739. The number of hydrogen-bond donors (Lipinski definition) is 0. The van der Waals surface area contributed by atoms with Gasteiger partial charge in [0.05, 0.1) is 104 Å². The van der Waals surface area contributed by atoms with Crippen molar-refractivity contribution in [3.8, 4) is 0 Å². The monoisotopic (exact) mass is 1200 g/mol. The number of unbranched alkanes of at least 4 members (excludes halogenated alkanes) is 14. The Morgan fingerprint density at radius 1 is 0.288 bits per heavy atom. The van der Waals surface area contributed by atoms with E-state index in [0.717, 1.165) is 49.4 Å². The zero-order valence-electron chi connectivity index (χ0n) is 38.8. The third-order valence-electron chi connectivity index (χ3n) is 10.1. The zero-order valence-corrected chi connectivity index (χ0v) is 51.9. The van der Waals surface area contributed by atoms with E-state index < -0.39 is 0 Å². The second-order valence-electron chi connectivity index (χ2n) is 15.5. The molecule has 0 saturated carbocycles. The second kappa shape index (κ2) is 37.6. The summed E-state index contributed by atoms with van der Waals surface area (Å²) >= 11 is 32.2. The van der Waals surface area contributed by atoms with Gasteiger partial charge in [0.15, 0.2) is 0 Å². The van der Waals surface area contributed by atoms with Crippen molar-refractivity contribution >= 4 is 188 Å². The summed E-state index contributed by atoms with van der Waals surface area (Å²) in [6.07, 6.45) is 22.1. The molecule has 0 aliphatic carbocycles. The molecule has 6 heterocycles.